The van der Waals surface area contributed by atoms with Crippen molar-refractivity contribution in [2.75, 3.05) is 20.3 Å². The summed E-state index contributed by atoms with van der Waals surface area (Å²) in [6.45, 7) is -0.0656. The van der Waals surface area contributed by atoms with E-state index in [1.54, 1.807) is 24.3 Å². The Morgan fingerprint density at radius 3 is 2.65 bits per heavy atom. The summed E-state index contributed by atoms with van der Waals surface area (Å²) in [7, 11) is 1.30. The van der Waals surface area contributed by atoms with Crippen molar-refractivity contribution < 1.29 is 23.8 Å². The Hall–Kier alpha value is -2.95. The van der Waals surface area contributed by atoms with Gasteiger partial charge in [-0.3, -0.25) is 4.79 Å². The molecule has 0 saturated carbocycles. The molecular formula is C19H19FN2O4. The summed E-state index contributed by atoms with van der Waals surface area (Å²) in [5.74, 6) is -1.03. The molecule has 0 aromatic heterocycles. The number of nitriles is 1. The fraction of sp³-hybridized carbons (Fsp3) is 0.263. The lowest BCUT2D eigenvalue weighted by molar-refractivity contribution is -0.131. The van der Waals surface area contributed by atoms with E-state index in [9.17, 15) is 9.18 Å². The van der Waals surface area contributed by atoms with E-state index in [-0.39, 0.29) is 31.1 Å². The van der Waals surface area contributed by atoms with Crippen LogP contribution >= 0.6 is 0 Å². The van der Waals surface area contributed by atoms with Crippen LogP contribution in [0.4, 0.5) is 4.39 Å². The molecule has 26 heavy (non-hydrogen) atoms. The first-order chi connectivity index (χ1) is 12.6. The van der Waals surface area contributed by atoms with E-state index in [0.29, 0.717) is 5.56 Å². The van der Waals surface area contributed by atoms with Crippen molar-refractivity contribution in [1.82, 2.24) is 5.32 Å². The molecule has 136 valence electrons. The molecule has 2 rings (SSSR count). The molecule has 0 heterocycles. The maximum absolute atomic E-state index is 14.3. The molecule has 2 aromatic rings. The smallest absolute Gasteiger partial charge is 0.254 e. The predicted octanol–water partition coefficient (Wildman–Crippen LogP) is 2.07. The topological polar surface area (TPSA) is 91.6 Å². The molecule has 7 heteroatoms. The Kier molecular flexibility index (Phi) is 7.09. The molecule has 0 spiro atoms. The number of methoxy groups -OCH3 is 1. The maximum Gasteiger partial charge on any atom is 0.254 e. The van der Waals surface area contributed by atoms with Crippen molar-refractivity contribution in [3.05, 3.63) is 65.0 Å². The molecule has 0 saturated heterocycles. The Morgan fingerprint density at radius 1 is 1.31 bits per heavy atom. The first-order valence-electron chi connectivity index (χ1n) is 7.92. The molecule has 0 radical (unpaired) electrons. The SMILES string of the molecule is COC(C(=O)NCc1ccc(C#N)cc1)c1c(F)cccc1OCCO. The van der Waals surface area contributed by atoms with E-state index in [1.807, 2.05) is 6.07 Å². The molecule has 0 bridgehead atoms. The number of aliphatic hydroxyl groups is 1. The van der Waals surface area contributed by atoms with Gasteiger partial charge in [0.05, 0.1) is 23.8 Å². The molecule has 0 fully saturated rings. The van der Waals surface area contributed by atoms with Gasteiger partial charge >= 0.3 is 0 Å². The first kappa shape index (κ1) is 19.4. The molecule has 0 aliphatic carbocycles. The van der Waals surface area contributed by atoms with Gasteiger partial charge in [0.15, 0.2) is 6.10 Å². The van der Waals surface area contributed by atoms with Crippen LogP contribution in [0.5, 0.6) is 5.75 Å². The standard InChI is InChI=1S/C19H19FN2O4/c1-25-18(17-15(20)3-2-4-16(17)26-10-9-23)19(24)22-12-14-7-5-13(11-21)6-8-14/h2-8,18,23H,9-10,12H2,1H3,(H,22,24). The van der Waals surface area contributed by atoms with Crippen LogP contribution < -0.4 is 10.1 Å². The van der Waals surface area contributed by atoms with Crippen molar-refractivity contribution in [2.45, 2.75) is 12.6 Å². The minimum Gasteiger partial charge on any atom is -0.491 e. The number of halogens is 1. The molecule has 2 N–H and O–H groups in total. The van der Waals surface area contributed by atoms with Gasteiger partial charge in [-0.15, -0.1) is 0 Å². The number of hydrogen-bond donors (Lipinski definition) is 2. The van der Waals surface area contributed by atoms with Gasteiger partial charge in [-0.2, -0.15) is 5.26 Å². The Morgan fingerprint density at radius 2 is 2.04 bits per heavy atom. The first-order valence-corrected chi connectivity index (χ1v) is 7.92. The lowest BCUT2D eigenvalue weighted by Gasteiger charge is -2.19. The van der Waals surface area contributed by atoms with E-state index < -0.39 is 17.8 Å². The zero-order chi connectivity index (χ0) is 18.9. The summed E-state index contributed by atoms with van der Waals surface area (Å²) >= 11 is 0. The molecule has 0 aliphatic heterocycles. The molecule has 0 aliphatic rings. The number of hydrogen-bond acceptors (Lipinski definition) is 5. The fourth-order valence-electron chi connectivity index (χ4n) is 2.39. The maximum atomic E-state index is 14.3. The minimum absolute atomic E-state index is 0.0271. The Bertz CT molecular complexity index is 787. The molecule has 1 amide bonds. The van der Waals surface area contributed by atoms with Crippen LogP contribution in [0.15, 0.2) is 42.5 Å². The van der Waals surface area contributed by atoms with Crippen molar-refractivity contribution in [3.8, 4) is 11.8 Å². The van der Waals surface area contributed by atoms with Crippen LogP contribution in [0.2, 0.25) is 0 Å². The van der Waals surface area contributed by atoms with Crippen molar-refractivity contribution >= 4 is 5.91 Å². The molecule has 1 unspecified atom stereocenters. The number of benzene rings is 2. The third-order valence-corrected chi connectivity index (χ3v) is 3.65. The van der Waals surface area contributed by atoms with E-state index in [4.69, 9.17) is 19.8 Å². The van der Waals surface area contributed by atoms with Gasteiger partial charge in [0.2, 0.25) is 0 Å². The van der Waals surface area contributed by atoms with Crippen LogP contribution in [0, 0.1) is 17.1 Å². The number of nitrogens with zero attached hydrogens (tertiary/aromatic N) is 1. The lowest BCUT2D eigenvalue weighted by atomic mass is 10.1. The number of aliphatic hydroxyl groups excluding tert-OH is 1. The predicted molar refractivity (Wildman–Crippen MR) is 91.7 cm³/mol. The number of carbonyl (C=O) groups excluding carboxylic acids is 1. The van der Waals surface area contributed by atoms with E-state index in [1.165, 1.54) is 25.3 Å². The van der Waals surface area contributed by atoms with Crippen LogP contribution in [0.3, 0.4) is 0 Å². The van der Waals surface area contributed by atoms with Gasteiger partial charge in [-0.25, -0.2) is 4.39 Å². The fourth-order valence-corrected chi connectivity index (χ4v) is 2.39. The summed E-state index contributed by atoms with van der Waals surface area (Å²) < 4.78 is 24.8. The number of ether oxygens (including phenoxy) is 2. The Balaban J connectivity index is 2.14. The third-order valence-electron chi connectivity index (χ3n) is 3.65. The largest absolute Gasteiger partial charge is 0.491 e. The Labute approximate surface area is 150 Å². The minimum atomic E-state index is -1.21. The van der Waals surface area contributed by atoms with Gasteiger partial charge in [0.1, 0.15) is 18.2 Å². The summed E-state index contributed by atoms with van der Waals surface area (Å²) in [5, 5.41) is 20.4. The van der Waals surface area contributed by atoms with Gasteiger partial charge in [-0.05, 0) is 29.8 Å². The number of amides is 1. The zero-order valence-corrected chi connectivity index (χ0v) is 14.2. The number of nitrogens with one attached hydrogen (secondary N) is 1. The van der Waals surface area contributed by atoms with Crippen molar-refractivity contribution in [1.29, 1.82) is 5.26 Å². The summed E-state index contributed by atoms with van der Waals surface area (Å²) in [4.78, 5) is 12.5. The molecule has 6 nitrogen and oxygen atoms in total. The van der Waals surface area contributed by atoms with E-state index in [0.717, 1.165) is 5.56 Å². The molecular weight excluding hydrogens is 339 g/mol. The average molecular weight is 358 g/mol. The lowest BCUT2D eigenvalue weighted by Crippen LogP contribution is -2.31. The second-order valence-corrected chi connectivity index (χ2v) is 5.37. The normalized spacial score (nSPS) is 11.5. The molecule has 2 aromatic carbocycles. The van der Waals surface area contributed by atoms with Gasteiger partial charge < -0.3 is 19.9 Å². The quantitative estimate of drug-likeness (QED) is 0.754. The van der Waals surface area contributed by atoms with E-state index in [2.05, 4.69) is 5.32 Å². The third kappa shape index (κ3) is 4.79. The zero-order valence-electron chi connectivity index (χ0n) is 14.2. The monoisotopic (exact) mass is 358 g/mol. The van der Waals surface area contributed by atoms with Crippen LogP contribution in [-0.2, 0) is 16.1 Å². The van der Waals surface area contributed by atoms with Crippen LogP contribution in [0.25, 0.3) is 0 Å². The second kappa shape index (κ2) is 9.51. The summed E-state index contributed by atoms with van der Waals surface area (Å²) in [5.41, 5.74) is 1.28. The van der Waals surface area contributed by atoms with Crippen molar-refractivity contribution in [3.63, 3.8) is 0 Å². The average Bonchev–Trinajstić information content (AvgIpc) is 2.67. The van der Waals surface area contributed by atoms with Crippen LogP contribution in [-0.4, -0.2) is 31.3 Å². The van der Waals surface area contributed by atoms with Crippen LogP contribution in [0.1, 0.15) is 22.8 Å². The van der Waals surface area contributed by atoms with E-state index >= 15 is 0 Å². The van der Waals surface area contributed by atoms with Gasteiger partial charge in [-0.1, -0.05) is 18.2 Å². The highest BCUT2D eigenvalue weighted by atomic mass is 19.1. The highest BCUT2D eigenvalue weighted by molar-refractivity contribution is 5.83. The summed E-state index contributed by atoms with van der Waals surface area (Å²) in [6.07, 6.45) is -1.21. The number of rotatable bonds is 8. The highest BCUT2D eigenvalue weighted by Crippen LogP contribution is 2.30. The molecule has 1 atom stereocenters. The van der Waals surface area contributed by atoms with Gasteiger partial charge in [0.25, 0.3) is 5.91 Å². The van der Waals surface area contributed by atoms with Gasteiger partial charge in [0, 0.05) is 13.7 Å². The number of carbonyl (C=O) groups is 1. The summed E-state index contributed by atoms with van der Waals surface area (Å²) in [6, 6.07) is 12.9. The second-order valence-electron chi connectivity index (χ2n) is 5.37. The highest BCUT2D eigenvalue weighted by Gasteiger charge is 2.27. The van der Waals surface area contributed by atoms with Crippen molar-refractivity contribution in [2.24, 2.45) is 0 Å².